The number of amides is 2. The number of carbonyl (C=O) groups excluding carboxylic acids is 2. The van der Waals surface area contributed by atoms with E-state index >= 15 is 0 Å². The second kappa shape index (κ2) is 6.97. The lowest BCUT2D eigenvalue weighted by Crippen LogP contribution is -2.50. The Morgan fingerprint density at radius 3 is 2.00 bits per heavy atom. The predicted octanol–water partition coefficient (Wildman–Crippen LogP) is 3.95. The standard InChI is InChI=1S/C20H23F3N2O3/c21-20(22,23)28-16-3-1-15(2-4-16)18(27)25-24-17(26)11-19-8-12-5-13(9-19)7-14(6-12)10-19/h1-4,12-14H,5-11H2,(H,24,26)(H,25,27). The van der Waals surface area contributed by atoms with Crippen LogP contribution in [-0.4, -0.2) is 18.2 Å². The Morgan fingerprint density at radius 2 is 1.50 bits per heavy atom. The van der Waals surface area contributed by atoms with Gasteiger partial charge >= 0.3 is 6.36 Å². The summed E-state index contributed by atoms with van der Waals surface area (Å²) in [4.78, 5) is 24.5. The zero-order chi connectivity index (χ0) is 19.9. The van der Waals surface area contributed by atoms with Crippen molar-refractivity contribution in [3.63, 3.8) is 0 Å². The van der Waals surface area contributed by atoms with Gasteiger partial charge in [-0.05, 0) is 86.0 Å². The zero-order valence-electron chi connectivity index (χ0n) is 15.3. The van der Waals surface area contributed by atoms with E-state index in [9.17, 15) is 22.8 Å². The molecule has 0 aliphatic heterocycles. The van der Waals surface area contributed by atoms with Gasteiger partial charge in [0.1, 0.15) is 5.75 Å². The number of halogens is 3. The highest BCUT2D eigenvalue weighted by atomic mass is 19.4. The minimum absolute atomic E-state index is 0.0696. The van der Waals surface area contributed by atoms with Crippen molar-refractivity contribution in [2.75, 3.05) is 0 Å². The van der Waals surface area contributed by atoms with E-state index in [0.29, 0.717) is 6.42 Å². The van der Waals surface area contributed by atoms with Crippen LogP contribution < -0.4 is 15.6 Å². The number of carbonyl (C=O) groups is 2. The lowest BCUT2D eigenvalue weighted by molar-refractivity contribution is -0.274. The summed E-state index contributed by atoms with van der Waals surface area (Å²) in [7, 11) is 0. The fourth-order valence-corrected chi connectivity index (χ4v) is 5.90. The average molecular weight is 396 g/mol. The van der Waals surface area contributed by atoms with Crippen molar-refractivity contribution in [2.24, 2.45) is 23.2 Å². The van der Waals surface area contributed by atoms with Gasteiger partial charge in [-0.25, -0.2) is 0 Å². The number of alkyl halides is 3. The molecule has 2 amide bonds. The molecule has 0 spiro atoms. The molecule has 4 aliphatic rings. The predicted molar refractivity (Wildman–Crippen MR) is 94.0 cm³/mol. The number of benzene rings is 1. The maximum atomic E-state index is 12.4. The Balaban J connectivity index is 1.28. The van der Waals surface area contributed by atoms with E-state index in [4.69, 9.17) is 0 Å². The molecule has 0 atom stereocenters. The molecular formula is C20H23F3N2O3. The summed E-state index contributed by atoms with van der Waals surface area (Å²) in [5.41, 5.74) is 5.01. The molecule has 0 unspecified atom stereocenters. The maximum Gasteiger partial charge on any atom is 0.573 e. The van der Waals surface area contributed by atoms with Crippen LogP contribution in [0.15, 0.2) is 24.3 Å². The lowest BCUT2D eigenvalue weighted by Gasteiger charge is -2.56. The molecule has 4 fully saturated rings. The van der Waals surface area contributed by atoms with Gasteiger partial charge in [-0.1, -0.05) is 0 Å². The molecule has 1 aromatic carbocycles. The number of ether oxygens (including phenoxy) is 1. The summed E-state index contributed by atoms with van der Waals surface area (Å²) in [6.07, 6.45) is 2.82. The van der Waals surface area contributed by atoms with Crippen LogP contribution in [0.25, 0.3) is 0 Å². The monoisotopic (exact) mass is 396 g/mol. The molecule has 28 heavy (non-hydrogen) atoms. The van der Waals surface area contributed by atoms with Crippen LogP contribution in [0.3, 0.4) is 0 Å². The summed E-state index contributed by atoms with van der Waals surface area (Å²) in [6, 6.07) is 4.53. The zero-order valence-corrected chi connectivity index (χ0v) is 15.3. The van der Waals surface area contributed by atoms with Gasteiger partial charge in [0.05, 0.1) is 0 Å². The van der Waals surface area contributed by atoms with E-state index in [1.807, 2.05) is 0 Å². The molecule has 0 heterocycles. The Hall–Kier alpha value is -2.25. The first-order valence-electron chi connectivity index (χ1n) is 9.65. The summed E-state index contributed by atoms with van der Waals surface area (Å²) in [5, 5.41) is 0. The van der Waals surface area contributed by atoms with E-state index < -0.39 is 18.0 Å². The van der Waals surface area contributed by atoms with Crippen molar-refractivity contribution < 1.29 is 27.5 Å². The summed E-state index contributed by atoms with van der Waals surface area (Å²) in [6.45, 7) is 0. The highest BCUT2D eigenvalue weighted by Gasteiger charge is 2.51. The van der Waals surface area contributed by atoms with Crippen LogP contribution in [-0.2, 0) is 4.79 Å². The summed E-state index contributed by atoms with van der Waals surface area (Å²) in [5.74, 6) is 1.02. The molecule has 2 N–H and O–H groups in total. The first-order chi connectivity index (χ1) is 13.2. The molecule has 5 nitrogen and oxygen atoms in total. The Labute approximate surface area is 161 Å². The second-order valence-electron chi connectivity index (χ2n) is 8.67. The first-order valence-corrected chi connectivity index (χ1v) is 9.65. The van der Waals surface area contributed by atoms with Gasteiger partial charge in [-0.15, -0.1) is 13.2 Å². The van der Waals surface area contributed by atoms with E-state index in [1.54, 1.807) is 0 Å². The van der Waals surface area contributed by atoms with Gasteiger partial charge in [-0.2, -0.15) is 0 Å². The third-order valence-corrected chi connectivity index (χ3v) is 6.37. The Morgan fingerprint density at radius 1 is 0.964 bits per heavy atom. The van der Waals surface area contributed by atoms with Crippen molar-refractivity contribution in [1.82, 2.24) is 10.9 Å². The topological polar surface area (TPSA) is 67.4 Å². The molecule has 152 valence electrons. The van der Waals surface area contributed by atoms with Crippen LogP contribution in [0.5, 0.6) is 5.75 Å². The fourth-order valence-electron chi connectivity index (χ4n) is 5.90. The Kier molecular flexibility index (Phi) is 4.75. The molecule has 0 aromatic heterocycles. The Bertz CT molecular complexity index is 726. The van der Waals surface area contributed by atoms with Crippen molar-refractivity contribution in [1.29, 1.82) is 0 Å². The second-order valence-corrected chi connectivity index (χ2v) is 8.67. The minimum Gasteiger partial charge on any atom is -0.406 e. The van der Waals surface area contributed by atoms with Crippen molar-refractivity contribution in [3.8, 4) is 5.75 Å². The molecule has 0 saturated heterocycles. The summed E-state index contributed by atoms with van der Waals surface area (Å²) >= 11 is 0. The molecule has 8 heteroatoms. The minimum atomic E-state index is -4.78. The van der Waals surface area contributed by atoms with Crippen LogP contribution in [0.4, 0.5) is 13.2 Å². The quantitative estimate of drug-likeness (QED) is 0.758. The number of hydrogen-bond donors (Lipinski definition) is 2. The third kappa shape index (κ3) is 4.25. The van der Waals surface area contributed by atoms with Crippen molar-refractivity contribution >= 4 is 11.8 Å². The van der Waals surface area contributed by atoms with Gasteiger partial charge in [0.2, 0.25) is 5.91 Å². The van der Waals surface area contributed by atoms with E-state index in [-0.39, 0.29) is 16.9 Å². The molecule has 4 aliphatic carbocycles. The molecule has 1 aromatic rings. The summed E-state index contributed by atoms with van der Waals surface area (Å²) < 4.78 is 40.3. The fraction of sp³-hybridized carbons (Fsp3) is 0.600. The highest BCUT2D eigenvalue weighted by molar-refractivity contribution is 5.95. The molecular weight excluding hydrogens is 373 g/mol. The van der Waals surface area contributed by atoms with Gasteiger partial charge in [-0.3, -0.25) is 20.4 Å². The third-order valence-electron chi connectivity index (χ3n) is 6.37. The average Bonchev–Trinajstić information content (AvgIpc) is 2.57. The normalized spacial score (nSPS) is 30.8. The lowest BCUT2D eigenvalue weighted by atomic mass is 9.49. The highest BCUT2D eigenvalue weighted by Crippen LogP contribution is 2.61. The van der Waals surface area contributed by atoms with Crippen LogP contribution in [0.2, 0.25) is 0 Å². The smallest absolute Gasteiger partial charge is 0.406 e. The largest absolute Gasteiger partial charge is 0.573 e. The van der Waals surface area contributed by atoms with Gasteiger partial charge in [0.25, 0.3) is 5.91 Å². The molecule has 4 bridgehead atoms. The number of nitrogens with one attached hydrogen (secondary N) is 2. The van der Waals surface area contributed by atoms with Gasteiger partial charge in [0, 0.05) is 12.0 Å². The van der Waals surface area contributed by atoms with E-state index in [0.717, 1.165) is 49.1 Å². The SMILES string of the molecule is O=C(CC12CC3CC(CC(C3)C1)C2)NNC(=O)c1ccc(OC(F)(F)F)cc1. The van der Waals surface area contributed by atoms with Crippen molar-refractivity contribution in [2.45, 2.75) is 51.3 Å². The van der Waals surface area contributed by atoms with Crippen molar-refractivity contribution in [3.05, 3.63) is 29.8 Å². The molecule has 0 radical (unpaired) electrons. The van der Waals surface area contributed by atoms with E-state index in [2.05, 4.69) is 15.6 Å². The van der Waals surface area contributed by atoms with Crippen LogP contribution in [0.1, 0.15) is 55.3 Å². The van der Waals surface area contributed by atoms with Gasteiger partial charge in [0.15, 0.2) is 0 Å². The van der Waals surface area contributed by atoms with Crippen LogP contribution >= 0.6 is 0 Å². The maximum absolute atomic E-state index is 12.4. The van der Waals surface area contributed by atoms with E-state index in [1.165, 1.54) is 31.4 Å². The number of rotatable bonds is 4. The molecule has 5 rings (SSSR count). The molecule has 4 saturated carbocycles. The van der Waals surface area contributed by atoms with Crippen LogP contribution in [0, 0.1) is 23.2 Å². The van der Waals surface area contributed by atoms with Gasteiger partial charge < -0.3 is 4.74 Å². The number of hydrogen-bond acceptors (Lipinski definition) is 3. The number of hydrazine groups is 1. The first kappa shape index (κ1) is 19.1.